The molecule has 0 saturated carbocycles. The fourth-order valence-corrected chi connectivity index (χ4v) is 2.79. The summed E-state index contributed by atoms with van der Waals surface area (Å²) in [6.07, 6.45) is 2.17. The van der Waals surface area contributed by atoms with Crippen LogP contribution in [0.2, 0.25) is 0 Å². The van der Waals surface area contributed by atoms with E-state index >= 15 is 0 Å². The molecule has 0 aromatic heterocycles. The van der Waals surface area contributed by atoms with Crippen molar-refractivity contribution in [2.45, 2.75) is 38.1 Å². The molecule has 0 bridgehead atoms. The van der Waals surface area contributed by atoms with E-state index in [1.807, 2.05) is 11.0 Å². The molecule has 1 aromatic rings. The largest absolute Gasteiger partial charge is 0.340 e. The Kier molecular flexibility index (Phi) is 5.39. The summed E-state index contributed by atoms with van der Waals surface area (Å²) >= 11 is 0. The molecule has 1 aliphatic heterocycles. The van der Waals surface area contributed by atoms with Gasteiger partial charge in [-0.3, -0.25) is 4.79 Å². The summed E-state index contributed by atoms with van der Waals surface area (Å²) in [5.74, 6) is 0.0665. The lowest BCUT2D eigenvalue weighted by Gasteiger charge is -2.41. The molecule has 4 heteroatoms. The first kappa shape index (κ1) is 16.0. The number of benzene rings is 1. The number of carbonyl (C=O) groups excluding carboxylic acids is 1. The molecule has 1 heterocycles. The van der Waals surface area contributed by atoms with Crippen molar-refractivity contribution in [3.05, 3.63) is 35.9 Å². The van der Waals surface area contributed by atoms with Crippen LogP contribution in [0.5, 0.6) is 0 Å². The Morgan fingerprint density at radius 1 is 1.37 bits per heavy atom. The Morgan fingerprint density at radius 2 is 2.00 bits per heavy atom. The maximum absolute atomic E-state index is 12.0. The molecule has 3 nitrogen and oxygen atoms in total. The zero-order valence-corrected chi connectivity index (χ0v) is 12.5. The lowest BCUT2D eigenvalue weighted by atomic mass is 9.76. The van der Waals surface area contributed by atoms with Gasteiger partial charge in [0.25, 0.3) is 0 Å². The third-order valence-electron chi connectivity index (χ3n) is 3.87. The molecule has 0 radical (unpaired) electrons. The third-order valence-corrected chi connectivity index (χ3v) is 3.87. The van der Waals surface area contributed by atoms with Gasteiger partial charge in [0, 0.05) is 18.5 Å². The minimum Gasteiger partial charge on any atom is -0.340 e. The van der Waals surface area contributed by atoms with E-state index in [0.717, 1.165) is 25.9 Å². The standard InChI is InChI=1S/C15H22N2O.ClH/c1-12(16)14(18)17-10-6-9-15(2,11-17)13-7-4-3-5-8-13;/h3-5,7-8,12H,6,9-11,16H2,1-2H3;1H/t12-,15?;/m0./s1. The molecule has 1 saturated heterocycles. The van der Waals surface area contributed by atoms with Crippen molar-refractivity contribution in [2.24, 2.45) is 5.73 Å². The van der Waals surface area contributed by atoms with Crippen LogP contribution in [0, 0.1) is 0 Å². The second-order valence-corrected chi connectivity index (χ2v) is 5.58. The van der Waals surface area contributed by atoms with Gasteiger partial charge in [0.15, 0.2) is 0 Å². The monoisotopic (exact) mass is 282 g/mol. The maximum atomic E-state index is 12.0. The molecule has 0 spiro atoms. The molecule has 1 amide bonds. The number of halogens is 1. The lowest BCUT2D eigenvalue weighted by molar-refractivity contribution is -0.134. The van der Waals surface area contributed by atoms with Crippen molar-refractivity contribution in [1.82, 2.24) is 4.90 Å². The Labute approximate surface area is 121 Å². The van der Waals surface area contributed by atoms with Gasteiger partial charge in [0.2, 0.25) is 5.91 Å². The SMILES string of the molecule is C[C@H](N)C(=O)N1CCCC(C)(c2ccccc2)C1.Cl. The van der Waals surface area contributed by atoms with Crippen LogP contribution in [0.4, 0.5) is 0 Å². The molecule has 106 valence electrons. The van der Waals surface area contributed by atoms with Crippen LogP contribution in [-0.2, 0) is 10.2 Å². The van der Waals surface area contributed by atoms with Crippen LogP contribution in [0.15, 0.2) is 30.3 Å². The van der Waals surface area contributed by atoms with E-state index in [1.54, 1.807) is 6.92 Å². The number of amides is 1. The second-order valence-electron chi connectivity index (χ2n) is 5.58. The van der Waals surface area contributed by atoms with Gasteiger partial charge in [0.1, 0.15) is 0 Å². The van der Waals surface area contributed by atoms with Gasteiger partial charge in [-0.25, -0.2) is 0 Å². The molecule has 0 aliphatic carbocycles. The Balaban J connectivity index is 0.00000180. The van der Waals surface area contributed by atoms with Gasteiger partial charge in [-0.1, -0.05) is 37.3 Å². The molecular formula is C15H23ClN2O. The number of carbonyl (C=O) groups is 1. The molecular weight excluding hydrogens is 260 g/mol. The van der Waals surface area contributed by atoms with Crippen LogP contribution in [0.1, 0.15) is 32.3 Å². The topological polar surface area (TPSA) is 46.3 Å². The first-order chi connectivity index (χ1) is 8.53. The number of hydrogen-bond donors (Lipinski definition) is 1. The smallest absolute Gasteiger partial charge is 0.239 e. The zero-order valence-electron chi connectivity index (χ0n) is 11.6. The van der Waals surface area contributed by atoms with Gasteiger partial charge in [-0.05, 0) is 25.3 Å². The molecule has 19 heavy (non-hydrogen) atoms. The van der Waals surface area contributed by atoms with Crippen LogP contribution in [0.25, 0.3) is 0 Å². The van der Waals surface area contributed by atoms with E-state index in [-0.39, 0.29) is 23.7 Å². The van der Waals surface area contributed by atoms with Gasteiger partial charge in [-0.15, -0.1) is 12.4 Å². The second kappa shape index (κ2) is 6.40. The number of likely N-dealkylation sites (tertiary alicyclic amines) is 1. The van der Waals surface area contributed by atoms with Gasteiger partial charge >= 0.3 is 0 Å². The van der Waals surface area contributed by atoms with E-state index in [4.69, 9.17) is 5.73 Å². The summed E-state index contributed by atoms with van der Waals surface area (Å²) in [5.41, 5.74) is 7.07. The van der Waals surface area contributed by atoms with E-state index in [9.17, 15) is 4.79 Å². The summed E-state index contributed by atoms with van der Waals surface area (Å²) in [7, 11) is 0. The Bertz CT molecular complexity index is 421. The number of nitrogens with two attached hydrogens (primary N) is 1. The number of rotatable bonds is 2. The summed E-state index contributed by atoms with van der Waals surface area (Å²) in [5, 5.41) is 0. The summed E-state index contributed by atoms with van der Waals surface area (Å²) in [6.45, 7) is 5.61. The third kappa shape index (κ3) is 3.48. The van der Waals surface area contributed by atoms with Crippen molar-refractivity contribution in [1.29, 1.82) is 0 Å². The average Bonchev–Trinajstić information content (AvgIpc) is 2.39. The lowest BCUT2D eigenvalue weighted by Crippen LogP contribution is -2.51. The highest BCUT2D eigenvalue weighted by Crippen LogP contribution is 2.33. The van der Waals surface area contributed by atoms with Crippen LogP contribution >= 0.6 is 12.4 Å². The zero-order chi connectivity index (χ0) is 13.2. The maximum Gasteiger partial charge on any atom is 0.239 e. The fraction of sp³-hybridized carbons (Fsp3) is 0.533. The van der Waals surface area contributed by atoms with Crippen molar-refractivity contribution in [3.8, 4) is 0 Å². The summed E-state index contributed by atoms with van der Waals surface area (Å²) < 4.78 is 0. The predicted molar refractivity (Wildman–Crippen MR) is 80.5 cm³/mol. The minimum atomic E-state index is -0.400. The van der Waals surface area contributed by atoms with E-state index in [2.05, 4.69) is 31.2 Å². The van der Waals surface area contributed by atoms with Crippen molar-refractivity contribution in [2.75, 3.05) is 13.1 Å². The molecule has 1 aromatic carbocycles. The highest BCUT2D eigenvalue weighted by atomic mass is 35.5. The number of piperidine rings is 1. The van der Waals surface area contributed by atoms with Gasteiger partial charge in [-0.2, -0.15) is 0 Å². The molecule has 2 atom stereocenters. The van der Waals surface area contributed by atoms with E-state index in [0.29, 0.717) is 0 Å². The van der Waals surface area contributed by atoms with Gasteiger partial charge < -0.3 is 10.6 Å². The number of nitrogens with zero attached hydrogens (tertiary/aromatic N) is 1. The molecule has 2 N–H and O–H groups in total. The first-order valence-electron chi connectivity index (χ1n) is 6.63. The normalized spacial score (nSPS) is 24.5. The van der Waals surface area contributed by atoms with Crippen molar-refractivity contribution in [3.63, 3.8) is 0 Å². The van der Waals surface area contributed by atoms with Gasteiger partial charge in [0.05, 0.1) is 6.04 Å². The van der Waals surface area contributed by atoms with Crippen LogP contribution < -0.4 is 5.73 Å². The first-order valence-corrected chi connectivity index (χ1v) is 6.63. The van der Waals surface area contributed by atoms with E-state index in [1.165, 1.54) is 5.56 Å². The van der Waals surface area contributed by atoms with Crippen LogP contribution in [0.3, 0.4) is 0 Å². The fourth-order valence-electron chi connectivity index (χ4n) is 2.79. The Hall–Kier alpha value is -1.06. The van der Waals surface area contributed by atoms with E-state index < -0.39 is 6.04 Å². The molecule has 1 fully saturated rings. The summed E-state index contributed by atoms with van der Waals surface area (Å²) in [4.78, 5) is 13.9. The molecule has 1 unspecified atom stereocenters. The minimum absolute atomic E-state index is 0. The predicted octanol–water partition coefficient (Wildman–Crippen LogP) is 2.34. The highest BCUT2D eigenvalue weighted by molar-refractivity contribution is 5.85. The van der Waals surface area contributed by atoms with Crippen molar-refractivity contribution < 1.29 is 4.79 Å². The molecule has 2 rings (SSSR count). The molecule has 1 aliphatic rings. The quantitative estimate of drug-likeness (QED) is 0.905. The Morgan fingerprint density at radius 3 is 2.58 bits per heavy atom. The number of hydrogen-bond acceptors (Lipinski definition) is 2. The average molecular weight is 283 g/mol. The van der Waals surface area contributed by atoms with Crippen molar-refractivity contribution >= 4 is 18.3 Å². The van der Waals surface area contributed by atoms with Crippen LogP contribution in [-0.4, -0.2) is 29.9 Å². The summed E-state index contributed by atoms with van der Waals surface area (Å²) in [6, 6.07) is 10.1. The highest BCUT2D eigenvalue weighted by Gasteiger charge is 2.34.